The van der Waals surface area contributed by atoms with Crippen LogP contribution in [0.5, 0.6) is 0 Å². The number of amides is 1. The van der Waals surface area contributed by atoms with Crippen molar-refractivity contribution in [3.05, 3.63) is 0 Å². The molecule has 3 nitrogen and oxygen atoms in total. The molecule has 1 aliphatic heterocycles. The maximum Gasteiger partial charge on any atom is 0.240 e. The minimum atomic E-state index is 0.0427. The molecule has 1 rings (SSSR count). The summed E-state index contributed by atoms with van der Waals surface area (Å²) in [6.07, 6.45) is 1.12. The topological polar surface area (TPSA) is 32.3 Å². The van der Waals surface area contributed by atoms with Gasteiger partial charge >= 0.3 is 0 Å². The number of rotatable bonds is 4. The molecule has 2 unspecified atom stereocenters. The van der Waals surface area contributed by atoms with Gasteiger partial charge in [-0.25, -0.2) is 0 Å². The first-order valence-corrected chi connectivity index (χ1v) is 6.47. The molecule has 94 valence electrons. The second-order valence-electron chi connectivity index (χ2n) is 5.68. The van der Waals surface area contributed by atoms with E-state index in [0.717, 1.165) is 19.5 Å². The molecule has 0 aromatic heterocycles. The number of hydrogen-bond acceptors (Lipinski definition) is 2. The summed E-state index contributed by atoms with van der Waals surface area (Å²) in [7, 11) is 0. The average molecular weight is 226 g/mol. The minimum absolute atomic E-state index is 0.0427. The molecule has 0 bridgehead atoms. The van der Waals surface area contributed by atoms with Gasteiger partial charge < -0.3 is 10.2 Å². The Bertz CT molecular complexity index is 238. The van der Waals surface area contributed by atoms with Crippen LogP contribution in [0, 0.1) is 11.8 Å². The van der Waals surface area contributed by atoms with Crippen molar-refractivity contribution in [2.45, 2.75) is 53.1 Å². The van der Waals surface area contributed by atoms with Crippen molar-refractivity contribution < 1.29 is 4.79 Å². The number of nitrogens with zero attached hydrogens (tertiary/aromatic N) is 1. The molecule has 1 aliphatic rings. The van der Waals surface area contributed by atoms with E-state index in [1.807, 2.05) is 4.90 Å². The van der Waals surface area contributed by atoms with Gasteiger partial charge in [-0.1, -0.05) is 20.8 Å². The Balaban J connectivity index is 2.66. The maximum absolute atomic E-state index is 12.4. The van der Waals surface area contributed by atoms with E-state index < -0.39 is 0 Å². The summed E-state index contributed by atoms with van der Waals surface area (Å²) >= 11 is 0. The Labute approximate surface area is 99.6 Å². The molecule has 1 N–H and O–H groups in total. The number of carbonyl (C=O) groups excluding carboxylic acids is 1. The molecule has 1 fully saturated rings. The second-order valence-corrected chi connectivity index (χ2v) is 5.68. The van der Waals surface area contributed by atoms with Crippen LogP contribution in [0.4, 0.5) is 0 Å². The third kappa shape index (κ3) is 3.21. The fourth-order valence-corrected chi connectivity index (χ4v) is 2.29. The molecule has 1 saturated heterocycles. The lowest BCUT2D eigenvalue weighted by Gasteiger charge is -2.32. The van der Waals surface area contributed by atoms with Crippen LogP contribution in [0.2, 0.25) is 0 Å². The Morgan fingerprint density at radius 3 is 2.38 bits per heavy atom. The molecule has 2 atom stereocenters. The monoisotopic (exact) mass is 226 g/mol. The lowest BCUT2D eigenvalue weighted by molar-refractivity contribution is -0.136. The predicted molar refractivity (Wildman–Crippen MR) is 67.3 cm³/mol. The van der Waals surface area contributed by atoms with Crippen LogP contribution in [-0.4, -0.2) is 36.0 Å². The molecule has 1 amide bonds. The third-order valence-corrected chi connectivity index (χ3v) is 3.27. The molecule has 16 heavy (non-hydrogen) atoms. The zero-order valence-corrected chi connectivity index (χ0v) is 11.3. The molecule has 0 spiro atoms. The van der Waals surface area contributed by atoms with E-state index in [1.54, 1.807) is 0 Å². The van der Waals surface area contributed by atoms with Gasteiger partial charge in [0, 0.05) is 12.6 Å². The summed E-state index contributed by atoms with van der Waals surface area (Å²) < 4.78 is 0. The van der Waals surface area contributed by atoms with Gasteiger partial charge in [0.2, 0.25) is 5.91 Å². The summed E-state index contributed by atoms with van der Waals surface area (Å²) in [6, 6.07) is 0.339. The Morgan fingerprint density at radius 1 is 1.38 bits per heavy atom. The van der Waals surface area contributed by atoms with E-state index in [4.69, 9.17) is 0 Å². The summed E-state index contributed by atoms with van der Waals surface area (Å²) in [5.41, 5.74) is 0. The predicted octanol–water partition coefficient (Wildman–Crippen LogP) is 1.88. The molecule has 0 aromatic carbocycles. The Kier molecular flexibility index (Phi) is 4.78. The van der Waals surface area contributed by atoms with Crippen LogP contribution < -0.4 is 5.32 Å². The fraction of sp³-hybridized carbons (Fsp3) is 0.923. The number of nitrogens with one attached hydrogen (secondary N) is 1. The smallest absolute Gasteiger partial charge is 0.240 e. The zero-order valence-electron chi connectivity index (χ0n) is 11.3. The summed E-state index contributed by atoms with van der Waals surface area (Å²) in [5.74, 6) is 1.29. The molecule has 0 aromatic rings. The normalized spacial score (nSPS) is 25.4. The molecule has 1 heterocycles. The van der Waals surface area contributed by atoms with Crippen LogP contribution in [0.25, 0.3) is 0 Å². The number of hydrogen-bond donors (Lipinski definition) is 1. The minimum Gasteiger partial charge on any atom is -0.339 e. The Hall–Kier alpha value is -0.570. The van der Waals surface area contributed by atoms with E-state index >= 15 is 0 Å². The highest BCUT2D eigenvalue weighted by Gasteiger charge is 2.33. The molecule has 0 aliphatic carbocycles. The van der Waals surface area contributed by atoms with Crippen molar-refractivity contribution in [1.29, 1.82) is 0 Å². The van der Waals surface area contributed by atoms with Gasteiger partial charge in [-0.2, -0.15) is 0 Å². The van der Waals surface area contributed by atoms with Gasteiger partial charge in [0.05, 0.1) is 6.04 Å². The van der Waals surface area contributed by atoms with Crippen molar-refractivity contribution in [2.75, 3.05) is 13.1 Å². The SMILES string of the molecule is CC(C)CN(C(=O)C1NCCC1C)C(C)C. The third-order valence-electron chi connectivity index (χ3n) is 3.27. The van der Waals surface area contributed by atoms with E-state index in [0.29, 0.717) is 17.9 Å². The van der Waals surface area contributed by atoms with E-state index in [-0.39, 0.29) is 11.9 Å². The average Bonchev–Trinajstić information content (AvgIpc) is 2.59. The van der Waals surface area contributed by atoms with Gasteiger partial charge in [0.25, 0.3) is 0 Å². The largest absolute Gasteiger partial charge is 0.339 e. The lowest BCUT2D eigenvalue weighted by atomic mass is 10.0. The van der Waals surface area contributed by atoms with Crippen LogP contribution in [-0.2, 0) is 4.79 Å². The van der Waals surface area contributed by atoms with Crippen LogP contribution in [0.15, 0.2) is 0 Å². The molecular weight excluding hydrogens is 200 g/mol. The summed E-state index contributed by atoms with van der Waals surface area (Å²) in [4.78, 5) is 14.4. The molecule has 0 saturated carbocycles. The van der Waals surface area contributed by atoms with Gasteiger partial charge in [-0.05, 0) is 38.6 Å². The first-order chi connectivity index (χ1) is 7.43. The van der Waals surface area contributed by atoms with Crippen molar-refractivity contribution in [1.82, 2.24) is 10.2 Å². The van der Waals surface area contributed by atoms with Crippen molar-refractivity contribution in [3.8, 4) is 0 Å². The second kappa shape index (κ2) is 5.67. The van der Waals surface area contributed by atoms with Crippen LogP contribution in [0.1, 0.15) is 41.0 Å². The number of carbonyl (C=O) groups is 1. The first-order valence-electron chi connectivity index (χ1n) is 6.47. The standard InChI is InChI=1S/C13H26N2O/c1-9(2)8-15(10(3)4)13(16)12-11(5)6-7-14-12/h9-12,14H,6-8H2,1-5H3. The summed E-state index contributed by atoms with van der Waals surface area (Å²) in [6.45, 7) is 12.5. The van der Waals surface area contributed by atoms with Crippen LogP contribution in [0.3, 0.4) is 0 Å². The summed E-state index contributed by atoms with van der Waals surface area (Å²) in [5, 5.41) is 3.32. The van der Waals surface area contributed by atoms with Crippen LogP contribution >= 0.6 is 0 Å². The lowest BCUT2D eigenvalue weighted by Crippen LogP contribution is -2.49. The highest BCUT2D eigenvalue weighted by atomic mass is 16.2. The molecule has 0 radical (unpaired) electrons. The van der Waals surface area contributed by atoms with Crippen molar-refractivity contribution >= 4 is 5.91 Å². The fourth-order valence-electron chi connectivity index (χ4n) is 2.29. The molecular formula is C13H26N2O. The van der Waals surface area contributed by atoms with Crippen molar-refractivity contribution in [2.24, 2.45) is 11.8 Å². The van der Waals surface area contributed by atoms with Gasteiger partial charge in [0.1, 0.15) is 0 Å². The van der Waals surface area contributed by atoms with Crippen molar-refractivity contribution in [3.63, 3.8) is 0 Å². The van der Waals surface area contributed by atoms with Gasteiger partial charge in [0.15, 0.2) is 0 Å². The van der Waals surface area contributed by atoms with Gasteiger partial charge in [-0.3, -0.25) is 4.79 Å². The maximum atomic E-state index is 12.4. The molecule has 3 heteroatoms. The Morgan fingerprint density at radius 2 is 2.00 bits per heavy atom. The highest BCUT2D eigenvalue weighted by Crippen LogP contribution is 2.18. The quantitative estimate of drug-likeness (QED) is 0.794. The zero-order chi connectivity index (χ0) is 12.3. The first kappa shape index (κ1) is 13.5. The highest BCUT2D eigenvalue weighted by molar-refractivity contribution is 5.82. The van der Waals surface area contributed by atoms with Gasteiger partial charge in [-0.15, -0.1) is 0 Å². The van der Waals surface area contributed by atoms with E-state index in [9.17, 15) is 4.79 Å². The van der Waals surface area contributed by atoms with E-state index in [1.165, 1.54) is 0 Å². The van der Waals surface area contributed by atoms with E-state index in [2.05, 4.69) is 39.9 Å².